The lowest BCUT2D eigenvalue weighted by Crippen LogP contribution is -2.12. The van der Waals surface area contributed by atoms with Crippen molar-refractivity contribution in [2.45, 2.75) is 0 Å². The van der Waals surface area contributed by atoms with Gasteiger partial charge in [-0.15, -0.1) is 0 Å². The number of benzene rings is 2. The Hall–Kier alpha value is -2.87. The number of hydrogen-bond acceptors (Lipinski definition) is 4. The Labute approximate surface area is 121 Å². The molecule has 0 bridgehead atoms. The first kappa shape index (κ1) is 14.5. The highest BCUT2D eigenvalue weighted by Crippen LogP contribution is 2.21. The summed E-state index contributed by atoms with van der Waals surface area (Å²) in [5.41, 5.74) is 0.209. The monoisotopic (exact) mass is 285 g/mol. The van der Waals surface area contributed by atoms with Crippen molar-refractivity contribution in [2.75, 3.05) is 13.7 Å². The molecule has 0 amide bonds. The van der Waals surface area contributed by atoms with Gasteiger partial charge in [-0.05, 0) is 24.3 Å². The summed E-state index contributed by atoms with van der Waals surface area (Å²) < 4.78 is 23.7. The minimum absolute atomic E-state index is 0.0498. The van der Waals surface area contributed by atoms with Crippen LogP contribution in [0.25, 0.3) is 0 Å². The van der Waals surface area contributed by atoms with Gasteiger partial charge in [0.2, 0.25) is 0 Å². The molecule has 0 aliphatic carbocycles. The second-order valence-corrected chi connectivity index (χ2v) is 4.17. The number of carbonyl (C=O) groups is 1. The van der Waals surface area contributed by atoms with Crippen molar-refractivity contribution >= 4 is 5.78 Å². The third kappa shape index (κ3) is 3.37. The number of methoxy groups -OCH3 is 1. The summed E-state index contributed by atoms with van der Waals surface area (Å²) in [5.74, 6) is -0.357. The molecule has 21 heavy (non-hydrogen) atoms. The van der Waals surface area contributed by atoms with Gasteiger partial charge in [-0.1, -0.05) is 18.2 Å². The zero-order valence-electron chi connectivity index (χ0n) is 11.3. The molecule has 2 rings (SSSR count). The first-order valence-electron chi connectivity index (χ1n) is 6.14. The fourth-order valence-electron chi connectivity index (χ4n) is 1.76. The Morgan fingerprint density at radius 1 is 1.29 bits per heavy atom. The summed E-state index contributed by atoms with van der Waals surface area (Å²) in [4.78, 5) is 12.0. The van der Waals surface area contributed by atoms with Crippen molar-refractivity contribution in [1.82, 2.24) is 0 Å². The smallest absolute Gasteiger partial charge is 0.200 e. The lowest BCUT2D eigenvalue weighted by atomic mass is 10.1. The largest absolute Gasteiger partial charge is 0.497 e. The molecule has 2 aromatic rings. The average Bonchev–Trinajstić information content (AvgIpc) is 2.52. The number of carbonyl (C=O) groups excluding carboxylic acids is 1. The number of ketones is 1. The quantitative estimate of drug-likeness (QED) is 0.792. The van der Waals surface area contributed by atoms with Crippen LogP contribution in [0.1, 0.15) is 15.9 Å². The summed E-state index contributed by atoms with van der Waals surface area (Å²) in [7, 11) is 1.51. The van der Waals surface area contributed by atoms with Crippen molar-refractivity contribution in [2.24, 2.45) is 0 Å². The Morgan fingerprint density at radius 3 is 2.76 bits per heavy atom. The molecule has 0 N–H and O–H groups in total. The number of Topliss-reactive ketones (excluding diaryl/α,β-unsaturated/α-hetero) is 1. The topological polar surface area (TPSA) is 59.3 Å². The van der Waals surface area contributed by atoms with Gasteiger partial charge in [0, 0.05) is 5.56 Å². The molecule has 0 radical (unpaired) electrons. The summed E-state index contributed by atoms with van der Waals surface area (Å²) >= 11 is 0. The summed E-state index contributed by atoms with van der Waals surface area (Å²) in [5, 5.41) is 8.88. The van der Waals surface area contributed by atoms with E-state index < -0.39 is 5.82 Å². The number of nitrogens with zero attached hydrogens (tertiary/aromatic N) is 1. The van der Waals surface area contributed by atoms with Gasteiger partial charge in [-0.3, -0.25) is 4.79 Å². The van der Waals surface area contributed by atoms with Crippen molar-refractivity contribution < 1.29 is 18.7 Å². The lowest BCUT2D eigenvalue weighted by Gasteiger charge is -2.08. The second kappa shape index (κ2) is 6.53. The molecule has 4 nitrogen and oxygen atoms in total. The maximum Gasteiger partial charge on any atom is 0.200 e. The fourth-order valence-corrected chi connectivity index (χ4v) is 1.76. The molecule has 0 aliphatic heterocycles. The SMILES string of the molecule is COc1cccc(C(=O)COc2cccc(F)c2C#N)c1. The van der Waals surface area contributed by atoms with Gasteiger partial charge < -0.3 is 9.47 Å². The van der Waals surface area contributed by atoms with Crippen LogP contribution in [-0.2, 0) is 0 Å². The van der Waals surface area contributed by atoms with E-state index in [2.05, 4.69) is 0 Å². The van der Waals surface area contributed by atoms with Crippen molar-refractivity contribution in [1.29, 1.82) is 5.26 Å². The van der Waals surface area contributed by atoms with E-state index in [0.717, 1.165) is 6.07 Å². The molecule has 0 fully saturated rings. The average molecular weight is 285 g/mol. The summed E-state index contributed by atoms with van der Waals surface area (Å²) in [6, 6.07) is 12.4. The third-order valence-corrected chi connectivity index (χ3v) is 2.84. The second-order valence-electron chi connectivity index (χ2n) is 4.17. The van der Waals surface area contributed by atoms with E-state index in [1.807, 2.05) is 0 Å². The third-order valence-electron chi connectivity index (χ3n) is 2.84. The van der Waals surface area contributed by atoms with E-state index >= 15 is 0 Å². The number of rotatable bonds is 5. The predicted molar refractivity (Wildman–Crippen MR) is 73.9 cm³/mol. The van der Waals surface area contributed by atoms with E-state index in [-0.39, 0.29) is 23.7 Å². The standard InChI is InChI=1S/C16H12FNO3/c1-20-12-5-2-4-11(8-12)15(19)10-21-16-7-3-6-14(17)13(16)9-18/h2-8H,10H2,1H3. The van der Waals surface area contributed by atoms with Gasteiger partial charge in [-0.25, -0.2) is 4.39 Å². The van der Waals surface area contributed by atoms with E-state index in [4.69, 9.17) is 14.7 Å². The number of nitriles is 1. The van der Waals surface area contributed by atoms with Gasteiger partial charge in [0.05, 0.1) is 7.11 Å². The Balaban J connectivity index is 2.11. The zero-order chi connectivity index (χ0) is 15.2. The van der Waals surface area contributed by atoms with Crippen LogP contribution in [0.15, 0.2) is 42.5 Å². The fraction of sp³-hybridized carbons (Fsp3) is 0.125. The van der Waals surface area contributed by atoms with Crippen LogP contribution in [0.3, 0.4) is 0 Å². The van der Waals surface area contributed by atoms with Gasteiger partial charge in [0.25, 0.3) is 0 Å². The van der Waals surface area contributed by atoms with Gasteiger partial charge in [0.1, 0.15) is 28.9 Å². The molecule has 0 aromatic heterocycles. The highest BCUT2D eigenvalue weighted by atomic mass is 19.1. The molecule has 0 atom stereocenters. The molecule has 0 spiro atoms. The van der Waals surface area contributed by atoms with Gasteiger partial charge in [-0.2, -0.15) is 5.26 Å². The molecular formula is C16H12FNO3. The molecule has 106 valence electrons. The van der Waals surface area contributed by atoms with E-state index in [1.165, 1.54) is 19.2 Å². The predicted octanol–water partition coefficient (Wildman–Crippen LogP) is 2.97. The minimum Gasteiger partial charge on any atom is -0.497 e. The maximum absolute atomic E-state index is 13.4. The van der Waals surface area contributed by atoms with E-state index in [0.29, 0.717) is 11.3 Å². The van der Waals surface area contributed by atoms with Crippen LogP contribution in [0, 0.1) is 17.1 Å². The van der Waals surface area contributed by atoms with Crippen LogP contribution in [0.2, 0.25) is 0 Å². The molecular weight excluding hydrogens is 273 g/mol. The molecule has 0 saturated carbocycles. The van der Waals surface area contributed by atoms with Crippen molar-refractivity contribution in [3.63, 3.8) is 0 Å². The number of hydrogen-bond donors (Lipinski definition) is 0. The van der Waals surface area contributed by atoms with Crippen molar-refractivity contribution in [3.05, 3.63) is 59.4 Å². The van der Waals surface area contributed by atoms with Gasteiger partial charge in [0.15, 0.2) is 12.4 Å². The lowest BCUT2D eigenvalue weighted by molar-refractivity contribution is 0.0920. The summed E-state index contributed by atoms with van der Waals surface area (Å²) in [6.07, 6.45) is 0. The van der Waals surface area contributed by atoms with Crippen LogP contribution in [0.5, 0.6) is 11.5 Å². The zero-order valence-corrected chi connectivity index (χ0v) is 11.3. The molecule has 0 heterocycles. The van der Waals surface area contributed by atoms with Crippen LogP contribution in [-0.4, -0.2) is 19.5 Å². The maximum atomic E-state index is 13.4. The first-order chi connectivity index (χ1) is 10.2. The highest BCUT2D eigenvalue weighted by molar-refractivity contribution is 5.97. The molecule has 0 aliphatic rings. The van der Waals surface area contributed by atoms with Crippen LogP contribution in [0.4, 0.5) is 4.39 Å². The van der Waals surface area contributed by atoms with E-state index in [1.54, 1.807) is 30.3 Å². The minimum atomic E-state index is -0.677. The summed E-state index contributed by atoms with van der Waals surface area (Å²) in [6.45, 7) is -0.286. The van der Waals surface area contributed by atoms with Gasteiger partial charge >= 0.3 is 0 Å². The Morgan fingerprint density at radius 2 is 2.05 bits per heavy atom. The number of halogens is 1. The first-order valence-corrected chi connectivity index (χ1v) is 6.14. The Kier molecular flexibility index (Phi) is 4.52. The van der Waals surface area contributed by atoms with Crippen LogP contribution >= 0.6 is 0 Å². The molecule has 0 saturated heterocycles. The van der Waals surface area contributed by atoms with E-state index in [9.17, 15) is 9.18 Å². The van der Waals surface area contributed by atoms with Crippen molar-refractivity contribution in [3.8, 4) is 17.6 Å². The molecule has 5 heteroatoms. The molecule has 2 aromatic carbocycles. The Bertz CT molecular complexity index is 707. The van der Waals surface area contributed by atoms with Crippen LogP contribution < -0.4 is 9.47 Å². The normalized spacial score (nSPS) is 9.76. The molecule has 0 unspecified atom stereocenters. The highest BCUT2D eigenvalue weighted by Gasteiger charge is 2.12. The number of ether oxygens (including phenoxy) is 2.